The summed E-state index contributed by atoms with van der Waals surface area (Å²) >= 11 is 6.26. The van der Waals surface area contributed by atoms with Gasteiger partial charge in [-0.05, 0) is 25.2 Å². The molecule has 0 N–H and O–H groups in total. The van der Waals surface area contributed by atoms with Crippen molar-refractivity contribution >= 4 is 22.6 Å². The van der Waals surface area contributed by atoms with Crippen LogP contribution in [0, 0.1) is 11.8 Å². The van der Waals surface area contributed by atoms with E-state index in [0.717, 1.165) is 29.9 Å². The highest BCUT2D eigenvalue weighted by atomic mass is 35.5. The van der Waals surface area contributed by atoms with Crippen molar-refractivity contribution in [3.05, 3.63) is 17.2 Å². The van der Waals surface area contributed by atoms with E-state index in [0.29, 0.717) is 23.0 Å². The maximum atomic E-state index is 6.26. The molecule has 0 spiro atoms. The van der Waals surface area contributed by atoms with E-state index in [1.165, 1.54) is 6.42 Å². The Kier molecular flexibility index (Phi) is 3.88. The summed E-state index contributed by atoms with van der Waals surface area (Å²) in [5.74, 6) is 2.20. The third-order valence-corrected chi connectivity index (χ3v) is 4.94. The van der Waals surface area contributed by atoms with Crippen molar-refractivity contribution in [2.45, 2.75) is 39.8 Å². The van der Waals surface area contributed by atoms with Crippen molar-refractivity contribution in [3.8, 4) is 0 Å². The molecule has 1 fully saturated rings. The van der Waals surface area contributed by atoms with Crippen molar-refractivity contribution in [1.29, 1.82) is 0 Å². The normalized spacial score (nSPS) is 27.4. The van der Waals surface area contributed by atoms with Gasteiger partial charge in [-0.15, -0.1) is 0 Å². The van der Waals surface area contributed by atoms with Crippen LogP contribution < -0.4 is 0 Å². The van der Waals surface area contributed by atoms with Gasteiger partial charge in [-0.25, -0.2) is 9.97 Å². The molecule has 0 saturated carbocycles. The molecule has 6 heteroatoms. The van der Waals surface area contributed by atoms with Crippen LogP contribution in [-0.2, 0) is 13.6 Å². The molecule has 2 aromatic heterocycles. The SMILES string of the molecule is CC1CC(C)C(C)N(Cc2nc(Cl)c3cnn(C)c3n2)C1. The number of aromatic nitrogens is 4. The Morgan fingerprint density at radius 1 is 1.29 bits per heavy atom. The Hall–Kier alpha value is -1.20. The molecule has 3 atom stereocenters. The predicted octanol–water partition coefficient (Wildman–Crippen LogP) is 2.88. The first-order valence-electron chi connectivity index (χ1n) is 7.54. The average molecular weight is 308 g/mol. The number of rotatable bonds is 2. The molecule has 0 amide bonds. The van der Waals surface area contributed by atoms with E-state index in [1.54, 1.807) is 10.9 Å². The fourth-order valence-electron chi connectivity index (χ4n) is 3.32. The lowest BCUT2D eigenvalue weighted by Crippen LogP contribution is -2.45. The fraction of sp³-hybridized carbons (Fsp3) is 0.667. The smallest absolute Gasteiger partial charge is 0.162 e. The van der Waals surface area contributed by atoms with E-state index in [1.807, 2.05) is 7.05 Å². The van der Waals surface area contributed by atoms with Crippen LogP contribution in [0.3, 0.4) is 0 Å². The molecule has 114 valence electrons. The topological polar surface area (TPSA) is 46.8 Å². The molecule has 1 aliphatic heterocycles. The number of fused-ring (bicyclic) bond motifs is 1. The van der Waals surface area contributed by atoms with Gasteiger partial charge in [0, 0.05) is 19.6 Å². The second-order valence-corrected chi connectivity index (χ2v) is 6.78. The zero-order chi connectivity index (χ0) is 15.1. The first kappa shape index (κ1) is 14.7. The van der Waals surface area contributed by atoms with Gasteiger partial charge in [0.25, 0.3) is 0 Å². The molecular weight excluding hydrogens is 286 g/mol. The van der Waals surface area contributed by atoms with Crippen LogP contribution in [0.2, 0.25) is 5.15 Å². The molecule has 1 aliphatic rings. The summed E-state index contributed by atoms with van der Waals surface area (Å²) in [6.07, 6.45) is 3.01. The average Bonchev–Trinajstić information content (AvgIpc) is 2.78. The van der Waals surface area contributed by atoms with Crippen LogP contribution in [-0.4, -0.2) is 37.2 Å². The van der Waals surface area contributed by atoms with Crippen molar-refractivity contribution in [1.82, 2.24) is 24.6 Å². The summed E-state index contributed by atoms with van der Waals surface area (Å²) < 4.78 is 1.75. The van der Waals surface area contributed by atoms with Crippen LogP contribution >= 0.6 is 11.6 Å². The van der Waals surface area contributed by atoms with Crippen LogP contribution in [0.25, 0.3) is 11.0 Å². The summed E-state index contributed by atoms with van der Waals surface area (Å²) in [6.45, 7) is 8.77. The second-order valence-electron chi connectivity index (χ2n) is 6.42. The van der Waals surface area contributed by atoms with Crippen molar-refractivity contribution < 1.29 is 0 Å². The van der Waals surface area contributed by atoms with E-state index >= 15 is 0 Å². The maximum Gasteiger partial charge on any atom is 0.162 e. The lowest BCUT2D eigenvalue weighted by Gasteiger charge is -2.40. The van der Waals surface area contributed by atoms with Crippen molar-refractivity contribution in [2.24, 2.45) is 18.9 Å². The number of hydrogen-bond donors (Lipinski definition) is 0. The van der Waals surface area contributed by atoms with Gasteiger partial charge < -0.3 is 0 Å². The van der Waals surface area contributed by atoms with E-state index in [9.17, 15) is 0 Å². The summed E-state index contributed by atoms with van der Waals surface area (Å²) in [6, 6.07) is 0.547. The quantitative estimate of drug-likeness (QED) is 0.800. The molecule has 3 rings (SSSR count). The minimum atomic E-state index is 0.494. The minimum absolute atomic E-state index is 0.494. The Bertz CT molecular complexity index is 653. The predicted molar refractivity (Wildman–Crippen MR) is 84.1 cm³/mol. The highest BCUT2D eigenvalue weighted by Crippen LogP contribution is 2.28. The number of hydrogen-bond acceptors (Lipinski definition) is 4. The number of likely N-dealkylation sites (tertiary alicyclic amines) is 1. The van der Waals surface area contributed by atoms with E-state index in [2.05, 4.69) is 40.7 Å². The van der Waals surface area contributed by atoms with Gasteiger partial charge in [-0.3, -0.25) is 9.58 Å². The molecular formula is C15H22ClN5. The molecule has 0 aromatic carbocycles. The molecule has 0 bridgehead atoms. The van der Waals surface area contributed by atoms with Gasteiger partial charge in [0.05, 0.1) is 18.1 Å². The third kappa shape index (κ3) is 2.77. The zero-order valence-corrected chi connectivity index (χ0v) is 13.8. The Labute approximate surface area is 130 Å². The van der Waals surface area contributed by atoms with E-state index in [4.69, 9.17) is 11.6 Å². The van der Waals surface area contributed by atoms with E-state index in [-0.39, 0.29) is 0 Å². The maximum absolute atomic E-state index is 6.26. The fourth-order valence-corrected chi connectivity index (χ4v) is 3.55. The van der Waals surface area contributed by atoms with Crippen LogP contribution in [0.15, 0.2) is 6.20 Å². The highest BCUT2D eigenvalue weighted by molar-refractivity contribution is 6.33. The summed E-state index contributed by atoms with van der Waals surface area (Å²) in [4.78, 5) is 11.6. The minimum Gasteiger partial charge on any atom is -0.293 e. The molecule has 3 heterocycles. The Morgan fingerprint density at radius 2 is 2.05 bits per heavy atom. The van der Waals surface area contributed by atoms with Crippen LogP contribution in [0.1, 0.15) is 33.0 Å². The first-order chi connectivity index (χ1) is 9.95. The Morgan fingerprint density at radius 3 is 2.81 bits per heavy atom. The number of nitrogens with zero attached hydrogens (tertiary/aromatic N) is 5. The summed E-state index contributed by atoms with van der Waals surface area (Å²) in [7, 11) is 1.88. The first-order valence-corrected chi connectivity index (χ1v) is 7.91. The third-order valence-electron chi connectivity index (χ3n) is 4.66. The van der Waals surface area contributed by atoms with Crippen molar-refractivity contribution in [3.63, 3.8) is 0 Å². The molecule has 1 saturated heterocycles. The lowest BCUT2D eigenvalue weighted by molar-refractivity contribution is 0.0707. The van der Waals surface area contributed by atoms with Crippen LogP contribution in [0.4, 0.5) is 0 Å². The number of aryl methyl sites for hydroxylation is 1. The van der Waals surface area contributed by atoms with Gasteiger partial charge in [0.1, 0.15) is 11.0 Å². The van der Waals surface area contributed by atoms with Gasteiger partial charge in [-0.2, -0.15) is 5.10 Å². The molecule has 21 heavy (non-hydrogen) atoms. The second kappa shape index (κ2) is 5.54. The number of piperidine rings is 1. The highest BCUT2D eigenvalue weighted by Gasteiger charge is 2.29. The van der Waals surface area contributed by atoms with Crippen LogP contribution in [0.5, 0.6) is 0 Å². The summed E-state index contributed by atoms with van der Waals surface area (Å²) in [5, 5.41) is 5.51. The van der Waals surface area contributed by atoms with Crippen molar-refractivity contribution in [2.75, 3.05) is 6.54 Å². The lowest BCUT2D eigenvalue weighted by atomic mass is 9.86. The Balaban J connectivity index is 1.89. The van der Waals surface area contributed by atoms with Gasteiger partial charge in [-0.1, -0.05) is 25.4 Å². The monoisotopic (exact) mass is 307 g/mol. The molecule has 2 aromatic rings. The zero-order valence-electron chi connectivity index (χ0n) is 13.0. The van der Waals surface area contributed by atoms with E-state index < -0.39 is 0 Å². The standard InChI is InChI=1S/C15H22ClN5/c1-9-5-10(2)11(3)21(7-9)8-13-18-14(16)12-6-17-20(4)15(12)19-13/h6,9-11H,5,7-8H2,1-4H3. The van der Waals surface area contributed by atoms with Gasteiger partial charge >= 0.3 is 0 Å². The van der Waals surface area contributed by atoms with Gasteiger partial charge in [0.15, 0.2) is 5.65 Å². The summed E-state index contributed by atoms with van der Waals surface area (Å²) in [5.41, 5.74) is 0.802. The molecule has 3 unspecified atom stereocenters. The molecule has 5 nitrogen and oxygen atoms in total. The largest absolute Gasteiger partial charge is 0.293 e. The van der Waals surface area contributed by atoms with Gasteiger partial charge in [0.2, 0.25) is 0 Å². The number of halogens is 1. The molecule has 0 radical (unpaired) electrons. The molecule has 0 aliphatic carbocycles.